The number of hydrogen-bond donors (Lipinski definition) is 2. The van der Waals surface area contributed by atoms with E-state index in [1.165, 1.54) is 6.08 Å². The summed E-state index contributed by atoms with van der Waals surface area (Å²) in [5, 5.41) is 17.8. The second kappa shape index (κ2) is 3.53. The summed E-state index contributed by atoms with van der Waals surface area (Å²) in [5.74, 6) is -1.02. The quantitative estimate of drug-likeness (QED) is 0.603. The molecular formula is C8H14O3. The van der Waals surface area contributed by atoms with Crippen molar-refractivity contribution in [3.05, 3.63) is 12.2 Å². The molecule has 0 rings (SSSR count). The largest absolute Gasteiger partial charge is 0.478 e. The number of aliphatic hydroxyl groups is 1. The number of rotatable bonds is 3. The van der Waals surface area contributed by atoms with Crippen molar-refractivity contribution in [2.45, 2.75) is 26.4 Å². The van der Waals surface area contributed by atoms with Crippen LogP contribution in [0.25, 0.3) is 0 Å². The molecule has 3 nitrogen and oxygen atoms in total. The summed E-state index contributed by atoms with van der Waals surface area (Å²) in [5.41, 5.74) is -1.03. The van der Waals surface area contributed by atoms with Crippen molar-refractivity contribution in [3.63, 3.8) is 0 Å². The summed E-state index contributed by atoms with van der Waals surface area (Å²) >= 11 is 0. The van der Waals surface area contributed by atoms with Gasteiger partial charge in [-0.05, 0) is 18.9 Å². The molecule has 0 aliphatic rings. The van der Waals surface area contributed by atoms with Crippen LogP contribution in [0.2, 0.25) is 0 Å². The molecule has 3 heteroatoms. The minimum absolute atomic E-state index is 0.0121. The first-order valence-electron chi connectivity index (χ1n) is 3.51. The van der Waals surface area contributed by atoms with E-state index in [0.717, 1.165) is 6.08 Å². The highest BCUT2D eigenvalue weighted by atomic mass is 16.4. The molecule has 2 N–H and O–H groups in total. The summed E-state index contributed by atoms with van der Waals surface area (Å²) in [6, 6.07) is 0. The summed E-state index contributed by atoms with van der Waals surface area (Å²) in [4.78, 5) is 10.1. The zero-order chi connectivity index (χ0) is 9.07. The zero-order valence-electron chi connectivity index (χ0n) is 7.03. The standard InChI is InChI=1S/C8H14O3/c1-6(2)8(3,11)5-4-7(9)10/h4-6,11H,1-3H3,(H,9,10)/b5-4+. The second-order valence-electron chi connectivity index (χ2n) is 3.05. The number of carboxylic acids is 1. The smallest absolute Gasteiger partial charge is 0.328 e. The van der Waals surface area contributed by atoms with E-state index in [1.54, 1.807) is 6.92 Å². The fourth-order valence-electron chi connectivity index (χ4n) is 0.432. The van der Waals surface area contributed by atoms with E-state index in [4.69, 9.17) is 5.11 Å². The van der Waals surface area contributed by atoms with E-state index >= 15 is 0 Å². The molecule has 0 saturated carbocycles. The summed E-state index contributed by atoms with van der Waals surface area (Å²) in [6.07, 6.45) is 2.25. The van der Waals surface area contributed by atoms with Crippen molar-refractivity contribution in [2.75, 3.05) is 0 Å². The van der Waals surface area contributed by atoms with Crippen molar-refractivity contribution < 1.29 is 15.0 Å². The Hall–Kier alpha value is -0.830. The Morgan fingerprint density at radius 1 is 1.55 bits per heavy atom. The van der Waals surface area contributed by atoms with Gasteiger partial charge in [-0.2, -0.15) is 0 Å². The lowest BCUT2D eigenvalue weighted by atomic mass is 9.92. The van der Waals surface area contributed by atoms with Gasteiger partial charge in [0.1, 0.15) is 0 Å². The van der Waals surface area contributed by atoms with E-state index in [9.17, 15) is 9.90 Å². The van der Waals surface area contributed by atoms with Gasteiger partial charge >= 0.3 is 5.97 Å². The minimum atomic E-state index is -1.04. The summed E-state index contributed by atoms with van der Waals surface area (Å²) in [7, 11) is 0. The summed E-state index contributed by atoms with van der Waals surface area (Å²) < 4.78 is 0. The zero-order valence-corrected chi connectivity index (χ0v) is 7.03. The highest BCUT2D eigenvalue weighted by Gasteiger charge is 2.20. The monoisotopic (exact) mass is 158 g/mol. The van der Waals surface area contributed by atoms with Gasteiger partial charge in [-0.15, -0.1) is 0 Å². The predicted octanol–water partition coefficient (Wildman–Crippen LogP) is 1.03. The normalized spacial score (nSPS) is 17.2. The first-order chi connectivity index (χ1) is 4.86. The molecule has 1 atom stereocenters. The third-order valence-corrected chi connectivity index (χ3v) is 1.73. The molecule has 64 valence electrons. The number of hydrogen-bond acceptors (Lipinski definition) is 2. The maximum Gasteiger partial charge on any atom is 0.328 e. The Kier molecular flexibility index (Phi) is 3.26. The lowest BCUT2D eigenvalue weighted by Gasteiger charge is -2.22. The van der Waals surface area contributed by atoms with Gasteiger partial charge in [0.15, 0.2) is 0 Å². The van der Waals surface area contributed by atoms with Gasteiger partial charge in [0.2, 0.25) is 0 Å². The van der Waals surface area contributed by atoms with Crippen molar-refractivity contribution in [1.29, 1.82) is 0 Å². The van der Waals surface area contributed by atoms with Crippen molar-refractivity contribution in [1.82, 2.24) is 0 Å². The van der Waals surface area contributed by atoms with Crippen molar-refractivity contribution in [3.8, 4) is 0 Å². The highest BCUT2D eigenvalue weighted by molar-refractivity contribution is 5.79. The van der Waals surface area contributed by atoms with E-state index in [-0.39, 0.29) is 5.92 Å². The molecule has 0 aromatic rings. The fourth-order valence-corrected chi connectivity index (χ4v) is 0.432. The highest BCUT2D eigenvalue weighted by Crippen LogP contribution is 2.16. The molecule has 0 bridgehead atoms. The number of carbonyl (C=O) groups is 1. The predicted molar refractivity (Wildman–Crippen MR) is 42.2 cm³/mol. The second-order valence-corrected chi connectivity index (χ2v) is 3.05. The van der Waals surface area contributed by atoms with Crippen LogP contribution in [0.5, 0.6) is 0 Å². The molecule has 1 unspecified atom stereocenters. The van der Waals surface area contributed by atoms with Crippen LogP contribution >= 0.6 is 0 Å². The Morgan fingerprint density at radius 3 is 2.27 bits per heavy atom. The molecule has 0 aliphatic carbocycles. The van der Waals surface area contributed by atoms with Crippen LogP contribution in [-0.4, -0.2) is 21.8 Å². The topological polar surface area (TPSA) is 57.5 Å². The molecular weight excluding hydrogens is 144 g/mol. The van der Waals surface area contributed by atoms with Crippen LogP contribution in [0.1, 0.15) is 20.8 Å². The molecule has 0 fully saturated rings. The maximum absolute atomic E-state index is 10.1. The lowest BCUT2D eigenvalue weighted by Crippen LogP contribution is -2.28. The molecule has 11 heavy (non-hydrogen) atoms. The van der Waals surface area contributed by atoms with Crippen molar-refractivity contribution >= 4 is 5.97 Å². The molecule has 0 aromatic carbocycles. The van der Waals surface area contributed by atoms with Crippen LogP contribution < -0.4 is 0 Å². The Balaban J connectivity index is 4.23. The van der Waals surface area contributed by atoms with Gasteiger partial charge in [0, 0.05) is 6.08 Å². The first kappa shape index (κ1) is 10.2. The molecule has 0 radical (unpaired) electrons. The molecule has 0 aliphatic heterocycles. The molecule has 0 aromatic heterocycles. The maximum atomic E-state index is 10.1. The van der Waals surface area contributed by atoms with Gasteiger partial charge in [0.05, 0.1) is 5.60 Å². The average molecular weight is 158 g/mol. The van der Waals surface area contributed by atoms with Gasteiger partial charge in [-0.3, -0.25) is 0 Å². The molecule has 0 spiro atoms. The Labute approximate surface area is 66.4 Å². The van der Waals surface area contributed by atoms with E-state index in [2.05, 4.69) is 0 Å². The van der Waals surface area contributed by atoms with E-state index in [0.29, 0.717) is 0 Å². The molecule has 0 amide bonds. The van der Waals surface area contributed by atoms with E-state index in [1.807, 2.05) is 13.8 Å². The number of carboxylic acid groups (broad SMARTS) is 1. The Bertz CT molecular complexity index is 168. The SMILES string of the molecule is CC(C)C(C)(O)/C=C/C(=O)O. The van der Waals surface area contributed by atoms with Crippen LogP contribution in [0, 0.1) is 5.92 Å². The van der Waals surface area contributed by atoms with E-state index < -0.39 is 11.6 Å². The van der Waals surface area contributed by atoms with Gasteiger partial charge in [0.25, 0.3) is 0 Å². The summed E-state index contributed by atoms with van der Waals surface area (Å²) in [6.45, 7) is 5.23. The van der Waals surface area contributed by atoms with Gasteiger partial charge in [-0.25, -0.2) is 4.79 Å². The van der Waals surface area contributed by atoms with Crippen LogP contribution in [0.3, 0.4) is 0 Å². The van der Waals surface area contributed by atoms with Gasteiger partial charge < -0.3 is 10.2 Å². The third kappa shape index (κ3) is 3.78. The minimum Gasteiger partial charge on any atom is -0.478 e. The number of aliphatic carboxylic acids is 1. The first-order valence-corrected chi connectivity index (χ1v) is 3.51. The molecule has 0 heterocycles. The third-order valence-electron chi connectivity index (χ3n) is 1.73. The fraction of sp³-hybridized carbons (Fsp3) is 0.625. The van der Waals surface area contributed by atoms with Crippen LogP contribution in [0.15, 0.2) is 12.2 Å². The molecule has 0 saturated heterocycles. The van der Waals surface area contributed by atoms with Crippen LogP contribution in [-0.2, 0) is 4.79 Å². The van der Waals surface area contributed by atoms with Crippen LogP contribution in [0.4, 0.5) is 0 Å². The van der Waals surface area contributed by atoms with Gasteiger partial charge in [-0.1, -0.05) is 13.8 Å². The lowest BCUT2D eigenvalue weighted by molar-refractivity contribution is -0.131. The van der Waals surface area contributed by atoms with Crippen molar-refractivity contribution in [2.24, 2.45) is 5.92 Å². The average Bonchev–Trinajstić information content (AvgIpc) is 1.84. The Morgan fingerprint density at radius 2 is 2.00 bits per heavy atom.